The van der Waals surface area contributed by atoms with Crippen LogP contribution in [0.3, 0.4) is 0 Å². The number of nitrogens with one attached hydrogen (secondary N) is 2. The fourth-order valence-electron chi connectivity index (χ4n) is 2.65. The minimum Gasteiger partial charge on any atom is -0.361 e. The second-order valence-corrected chi connectivity index (χ2v) is 5.76. The molecule has 0 saturated heterocycles. The van der Waals surface area contributed by atoms with Crippen LogP contribution in [0.1, 0.15) is 16.7 Å². The van der Waals surface area contributed by atoms with Crippen molar-refractivity contribution in [3.63, 3.8) is 0 Å². The minimum atomic E-state index is -0.337. The van der Waals surface area contributed by atoms with Crippen LogP contribution in [0.15, 0.2) is 54.7 Å². The van der Waals surface area contributed by atoms with Crippen LogP contribution in [0, 0.1) is 12.7 Å². The van der Waals surface area contributed by atoms with Gasteiger partial charge in [0.15, 0.2) is 0 Å². The van der Waals surface area contributed by atoms with Gasteiger partial charge in [-0.15, -0.1) is 0 Å². The Bertz CT molecular complexity index is 896. The molecule has 24 heavy (non-hydrogen) atoms. The highest BCUT2D eigenvalue weighted by Gasteiger charge is 2.04. The molecule has 0 spiro atoms. The van der Waals surface area contributed by atoms with E-state index in [1.807, 2.05) is 6.20 Å². The van der Waals surface area contributed by atoms with Crippen molar-refractivity contribution < 1.29 is 9.18 Å². The van der Waals surface area contributed by atoms with Crippen LogP contribution in [-0.4, -0.2) is 17.4 Å². The molecule has 1 heterocycles. The molecule has 1 aromatic heterocycles. The standard InChI is InChI=1S/C20H19FN2O/c1-14-6-8-19-17(12-14)16(13-23-19)10-11-22-20(24)9-7-15-4-2-3-5-18(15)21/h2-9,12-13,23H,10-11H2,1H3,(H,22,24)/b9-7+. The molecule has 2 aromatic carbocycles. The van der Waals surface area contributed by atoms with E-state index in [9.17, 15) is 9.18 Å². The highest BCUT2D eigenvalue weighted by Crippen LogP contribution is 2.19. The Balaban J connectivity index is 1.57. The lowest BCUT2D eigenvalue weighted by atomic mass is 10.1. The number of amides is 1. The van der Waals surface area contributed by atoms with Gasteiger partial charge in [0.05, 0.1) is 0 Å². The van der Waals surface area contributed by atoms with Crippen LogP contribution in [-0.2, 0) is 11.2 Å². The van der Waals surface area contributed by atoms with Crippen molar-refractivity contribution in [3.05, 3.63) is 77.2 Å². The van der Waals surface area contributed by atoms with Crippen LogP contribution in [0.25, 0.3) is 17.0 Å². The van der Waals surface area contributed by atoms with E-state index >= 15 is 0 Å². The second kappa shape index (κ2) is 7.13. The molecule has 122 valence electrons. The maximum absolute atomic E-state index is 13.5. The van der Waals surface area contributed by atoms with E-state index in [-0.39, 0.29) is 11.7 Å². The third-order valence-electron chi connectivity index (χ3n) is 3.94. The molecule has 4 heteroatoms. The molecule has 0 fully saturated rings. The number of rotatable bonds is 5. The fraction of sp³-hybridized carbons (Fsp3) is 0.150. The zero-order chi connectivity index (χ0) is 16.9. The Morgan fingerprint density at radius 2 is 2.08 bits per heavy atom. The quantitative estimate of drug-likeness (QED) is 0.686. The first-order chi connectivity index (χ1) is 11.6. The summed E-state index contributed by atoms with van der Waals surface area (Å²) in [6, 6.07) is 12.6. The molecule has 0 saturated carbocycles. The van der Waals surface area contributed by atoms with Crippen molar-refractivity contribution in [1.29, 1.82) is 0 Å². The number of carbonyl (C=O) groups excluding carboxylic acids is 1. The average Bonchev–Trinajstić information content (AvgIpc) is 2.96. The second-order valence-electron chi connectivity index (χ2n) is 5.76. The number of aryl methyl sites for hydroxylation is 1. The van der Waals surface area contributed by atoms with Gasteiger partial charge < -0.3 is 10.3 Å². The van der Waals surface area contributed by atoms with Gasteiger partial charge in [0.1, 0.15) is 5.82 Å². The summed E-state index contributed by atoms with van der Waals surface area (Å²) in [4.78, 5) is 15.1. The molecular weight excluding hydrogens is 303 g/mol. The smallest absolute Gasteiger partial charge is 0.244 e. The van der Waals surface area contributed by atoms with Crippen LogP contribution in [0.4, 0.5) is 4.39 Å². The molecule has 0 unspecified atom stereocenters. The van der Waals surface area contributed by atoms with E-state index in [2.05, 4.69) is 35.4 Å². The first-order valence-electron chi connectivity index (χ1n) is 7.90. The van der Waals surface area contributed by atoms with E-state index in [1.165, 1.54) is 34.7 Å². The number of fused-ring (bicyclic) bond motifs is 1. The van der Waals surface area contributed by atoms with Gasteiger partial charge in [0, 0.05) is 35.3 Å². The van der Waals surface area contributed by atoms with Crippen molar-refractivity contribution in [2.75, 3.05) is 6.54 Å². The van der Waals surface area contributed by atoms with Gasteiger partial charge in [-0.2, -0.15) is 0 Å². The maximum Gasteiger partial charge on any atom is 0.244 e. The number of H-pyrrole nitrogens is 1. The lowest BCUT2D eigenvalue weighted by molar-refractivity contribution is -0.116. The molecule has 0 bridgehead atoms. The Kier molecular flexibility index (Phi) is 4.75. The van der Waals surface area contributed by atoms with E-state index in [1.54, 1.807) is 18.2 Å². The van der Waals surface area contributed by atoms with Crippen molar-refractivity contribution in [2.45, 2.75) is 13.3 Å². The number of halogens is 1. The topological polar surface area (TPSA) is 44.9 Å². The minimum absolute atomic E-state index is 0.228. The highest BCUT2D eigenvalue weighted by atomic mass is 19.1. The predicted octanol–water partition coefficient (Wildman–Crippen LogP) is 3.99. The molecule has 1 amide bonds. The van der Waals surface area contributed by atoms with Crippen molar-refractivity contribution >= 4 is 22.9 Å². The third-order valence-corrected chi connectivity index (χ3v) is 3.94. The normalized spacial score (nSPS) is 11.2. The molecule has 3 aromatic rings. The largest absolute Gasteiger partial charge is 0.361 e. The summed E-state index contributed by atoms with van der Waals surface area (Å²) in [5.41, 5.74) is 3.88. The lowest BCUT2D eigenvalue weighted by Crippen LogP contribution is -2.23. The monoisotopic (exact) mass is 322 g/mol. The molecule has 3 rings (SSSR count). The van der Waals surface area contributed by atoms with E-state index in [0.29, 0.717) is 12.1 Å². The molecule has 0 radical (unpaired) electrons. The highest BCUT2D eigenvalue weighted by molar-refractivity contribution is 5.91. The first kappa shape index (κ1) is 16.0. The van der Waals surface area contributed by atoms with Gasteiger partial charge in [-0.1, -0.05) is 29.8 Å². The summed E-state index contributed by atoms with van der Waals surface area (Å²) in [7, 11) is 0. The van der Waals surface area contributed by atoms with E-state index in [0.717, 1.165) is 11.9 Å². The van der Waals surface area contributed by atoms with Gasteiger partial charge in [-0.3, -0.25) is 4.79 Å². The van der Waals surface area contributed by atoms with Crippen LogP contribution in [0.2, 0.25) is 0 Å². The molecule has 0 aliphatic carbocycles. The Hall–Kier alpha value is -2.88. The Morgan fingerprint density at radius 1 is 1.25 bits per heavy atom. The molecular formula is C20H19FN2O. The van der Waals surface area contributed by atoms with Gasteiger partial charge in [0.2, 0.25) is 5.91 Å². The van der Waals surface area contributed by atoms with Gasteiger partial charge in [-0.25, -0.2) is 4.39 Å². The third kappa shape index (κ3) is 3.71. The summed E-state index contributed by atoms with van der Waals surface area (Å²) in [5, 5.41) is 4.01. The summed E-state index contributed by atoms with van der Waals surface area (Å²) in [6.07, 6.45) is 5.56. The van der Waals surface area contributed by atoms with Gasteiger partial charge in [0.25, 0.3) is 0 Å². The zero-order valence-corrected chi connectivity index (χ0v) is 13.5. The number of carbonyl (C=O) groups is 1. The predicted molar refractivity (Wildman–Crippen MR) is 95.2 cm³/mol. The molecule has 0 aliphatic rings. The summed E-state index contributed by atoms with van der Waals surface area (Å²) in [5.74, 6) is -0.565. The van der Waals surface area contributed by atoms with Gasteiger partial charge in [-0.05, 0) is 43.2 Å². The number of hydrogen-bond donors (Lipinski definition) is 2. The Labute approximate surface area is 140 Å². The number of benzene rings is 2. The summed E-state index contributed by atoms with van der Waals surface area (Å²) in [6.45, 7) is 2.59. The summed E-state index contributed by atoms with van der Waals surface area (Å²) >= 11 is 0. The number of aromatic nitrogens is 1. The van der Waals surface area contributed by atoms with Crippen LogP contribution < -0.4 is 5.32 Å². The van der Waals surface area contributed by atoms with Crippen molar-refractivity contribution in [1.82, 2.24) is 10.3 Å². The molecule has 0 aliphatic heterocycles. The Morgan fingerprint density at radius 3 is 2.92 bits per heavy atom. The van der Waals surface area contributed by atoms with Crippen LogP contribution >= 0.6 is 0 Å². The maximum atomic E-state index is 13.5. The summed E-state index contributed by atoms with van der Waals surface area (Å²) < 4.78 is 13.5. The zero-order valence-electron chi connectivity index (χ0n) is 13.5. The lowest BCUT2D eigenvalue weighted by Gasteiger charge is -2.02. The average molecular weight is 322 g/mol. The van der Waals surface area contributed by atoms with Crippen molar-refractivity contribution in [2.24, 2.45) is 0 Å². The van der Waals surface area contributed by atoms with Gasteiger partial charge >= 0.3 is 0 Å². The van der Waals surface area contributed by atoms with Crippen LogP contribution in [0.5, 0.6) is 0 Å². The molecule has 3 nitrogen and oxygen atoms in total. The van der Waals surface area contributed by atoms with E-state index < -0.39 is 0 Å². The molecule has 2 N–H and O–H groups in total. The number of aromatic amines is 1. The van der Waals surface area contributed by atoms with E-state index in [4.69, 9.17) is 0 Å². The number of hydrogen-bond acceptors (Lipinski definition) is 1. The SMILES string of the molecule is Cc1ccc2[nH]cc(CCNC(=O)/C=C/c3ccccc3F)c2c1. The fourth-order valence-corrected chi connectivity index (χ4v) is 2.65. The first-order valence-corrected chi connectivity index (χ1v) is 7.90. The molecule has 0 atom stereocenters. The van der Waals surface area contributed by atoms with Crippen molar-refractivity contribution in [3.8, 4) is 0 Å².